The van der Waals surface area contributed by atoms with E-state index in [1.165, 1.54) is 6.26 Å². The number of ether oxygens (including phenoxy) is 1. The number of carbonyl (C=O) groups is 3. The first-order chi connectivity index (χ1) is 15.5. The maximum absolute atomic E-state index is 13.2. The lowest BCUT2D eigenvalue weighted by atomic mass is 10.00. The van der Waals surface area contributed by atoms with Gasteiger partial charge in [-0.05, 0) is 55.7 Å². The number of rotatable bonds is 5. The van der Waals surface area contributed by atoms with Crippen LogP contribution in [0.1, 0.15) is 29.8 Å². The van der Waals surface area contributed by atoms with Crippen molar-refractivity contribution in [1.82, 2.24) is 14.7 Å². The van der Waals surface area contributed by atoms with Crippen molar-refractivity contribution in [1.29, 1.82) is 0 Å². The van der Waals surface area contributed by atoms with E-state index in [2.05, 4.69) is 0 Å². The van der Waals surface area contributed by atoms with Crippen LogP contribution < -0.4 is 4.74 Å². The number of benzene rings is 1. The standard InChI is InChI=1S/C23H26ClN3O5/c24-17-6-8-18(9-7-17)32-16-21(28)25-11-13-26(14-12-25)22(29)19-4-1-2-10-27(19)23(30)20-5-3-15-31-20/h3,5-9,15,19H,1-2,4,10-14,16H2. The van der Waals surface area contributed by atoms with Crippen molar-refractivity contribution in [2.24, 2.45) is 0 Å². The van der Waals surface area contributed by atoms with Gasteiger partial charge in [-0.1, -0.05) is 11.6 Å². The maximum atomic E-state index is 13.2. The van der Waals surface area contributed by atoms with Crippen LogP contribution in [0.5, 0.6) is 5.75 Å². The van der Waals surface area contributed by atoms with Crippen molar-refractivity contribution >= 4 is 29.3 Å². The number of carbonyl (C=O) groups excluding carboxylic acids is 3. The minimum Gasteiger partial charge on any atom is -0.484 e. The molecule has 2 aliphatic rings. The molecule has 170 valence electrons. The lowest BCUT2D eigenvalue weighted by Crippen LogP contribution is -2.58. The fourth-order valence-electron chi connectivity index (χ4n) is 4.13. The van der Waals surface area contributed by atoms with Crippen LogP contribution in [-0.4, -0.2) is 77.8 Å². The summed E-state index contributed by atoms with van der Waals surface area (Å²) in [6.07, 6.45) is 3.87. The second kappa shape index (κ2) is 10.1. The molecule has 32 heavy (non-hydrogen) atoms. The highest BCUT2D eigenvalue weighted by Crippen LogP contribution is 2.22. The molecule has 2 fully saturated rings. The number of amides is 3. The Morgan fingerprint density at radius 2 is 1.69 bits per heavy atom. The molecule has 0 saturated carbocycles. The van der Waals surface area contributed by atoms with Crippen LogP contribution in [0, 0.1) is 0 Å². The van der Waals surface area contributed by atoms with Gasteiger partial charge in [0.25, 0.3) is 11.8 Å². The summed E-state index contributed by atoms with van der Waals surface area (Å²) in [5.41, 5.74) is 0. The topological polar surface area (TPSA) is 83.3 Å². The van der Waals surface area contributed by atoms with E-state index in [1.807, 2.05) is 0 Å². The third-order valence-corrected chi connectivity index (χ3v) is 6.15. The lowest BCUT2D eigenvalue weighted by Gasteiger charge is -2.40. The molecule has 2 saturated heterocycles. The molecule has 9 heteroatoms. The number of piperazine rings is 1. The van der Waals surface area contributed by atoms with Crippen LogP contribution in [0.25, 0.3) is 0 Å². The van der Waals surface area contributed by atoms with E-state index in [0.717, 1.165) is 12.8 Å². The lowest BCUT2D eigenvalue weighted by molar-refractivity contribution is -0.144. The monoisotopic (exact) mass is 459 g/mol. The van der Waals surface area contributed by atoms with E-state index in [4.69, 9.17) is 20.8 Å². The van der Waals surface area contributed by atoms with Gasteiger partial charge >= 0.3 is 0 Å². The Hall–Kier alpha value is -3.00. The third-order valence-electron chi connectivity index (χ3n) is 5.90. The second-order valence-corrected chi connectivity index (χ2v) is 8.37. The molecule has 8 nitrogen and oxygen atoms in total. The SMILES string of the molecule is O=C(COc1ccc(Cl)cc1)N1CCN(C(=O)C2CCCCN2C(=O)c2ccco2)CC1. The quantitative estimate of drug-likeness (QED) is 0.686. The summed E-state index contributed by atoms with van der Waals surface area (Å²) in [6.45, 7) is 2.22. The Balaban J connectivity index is 1.29. The van der Waals surface area contributed by atoms with Gasteiger partial charge in [0.15, 0.2) is 12.4 Å². The predicted octanol–water partition coefficient (Wildman–Crippen LogP) is 2.68. The van der Waals surface area contributed by atoms with Gasteiger partial charge in [0.1, 0.15) is 11.8 Å². The Labute approximate surface area is 191 Å². The molecule has 0 radical (unpaired) electrons. The van der Waals surface area contributed by atoms with Crippen LogP contribution in [0.4, 0.5) is 0 Å². The molecule has 0 aliphatic carbocycles. The van der Waals surface area contributed by atoms with Crippen LogP contribution in [0.2, 0.25) is 5.02 Å². The first kappa shape index (κ1) is 22.2. The fraction of sp³-hybridized carbons (Fsp3) is 0.435. The van der Waals surface area contributed by atoms with Crippen molar-refractivity contribution in [3.05, 3.63) is 53.4 Å². The van der Waals surface area contributed by atoms with Crippen LogP contribution in [0.3, 0.4) is 0 Å². The minimum atomic E-state index is -0.489. The zero-order valence-electron chi connectivity index (χ0n) is 17.7. The minimum absolute atomic E-state index is 0.0610. The van der Waals surface area contributed by atoms with Gasteiger partial charge in [0, 0.05) is 37.7 Å². The first-order valence-electron chi connectivity index (χ1n) is 10.8. The molecule has 0 bridgehead atoms. The number of furan rings is 1. The van der Waals surface area contributed by atoms with Gasteiger partial charge in [-0.25, -0.2) is 0 Å². The predicted molar refractivity (Wildman–Crippen MR) is 117 cm³/mol. The van der Waals surface area contributed by atoms with Gasteiger partial charge in [0.2, 0.25) is 5.91 Å². The second-order valence-electron chi connectivity index (χ2n) is 7.94. The summed E-state index contributed by atoms with van der Waals surface area (Å²) in [6, 6.07) is 9.64. The summed E-state index contributed by atoms with van der Waals surface area (Å²) in [5.74, 6) is 0.394. The van der Waals surface area contributed by atoms with Crippen molar-refractivity contribution in [2.45, 2.75) is 25.3 Å². The molecule has 0 N–H and O–H groups in total. The van der Waals surface area contributed by atoms with E-state index in [1.54, 1.807) is 51.1 Å². The largest absolute Gasteiger partial charge is 0.484 e. The number of nitrogens with zero attached hydrogens (tertiary/aromatic N) is 3. The molecule has 2 aliphatic heterocycles. The van der Waals surface area contributed by atoms with Crippen LogP contribution >= 0.6 is 11.6 Å². The van der Waals surface area contributed by atoms with E-state index >= 15 is 0 Å². The number of hydrogen-bond donors (Lipinski definition) is 0. The van der Waals surface area contributed by atoms with E-state index in [9.17, 15) is 14.4 Å². The fourth-order valence-corrected chi connectivity index (χ4v) is 4.25. The molecule has 4 rings (SSSR count). The van der Waals surface area contributed by atoms with E-state index in [-0.39, 0.29) is 30.1 Å². The Morgan fingerprint density at radius 1 is 0.969 bits per heavy atom. The molecule has 3 amide bonds. The van der Waals surface area contributed by atoms with Gasteiger partial charge in [-0.3, -0.25) is 14.4 Å². The number of piperidine rings is 1. The summed E-state index contributed by atoms with van der Waals surface area (Å²) in [4.78, 5) is 43.6. The normalized spacial score (nSPS) is 19.0. The number of hydrogen-bond acceptors (Lipinski definition) is 5. The molecular weight excluding hydrogens is 434 g/mol. The Bertz CT molecular complexity index is 939. The van der Waals surface area contributed by atoms with E-state index < -0.39 is 6.04 Å². The van der Waals surface area contributed by atoms with Gasteiger partial charge in [-0.2, -0.15) is 0 Å². The number of halogens is 1. The first-order valence-corrected chi connectivity index (χ1v) is 11.2. The Morgan fingerprint density at radius 3 is 2.38 bits per heavy atom. The van der Waals surface area contributed by atoms with Crippen molar-refractivity contribution in [2.75, 3.05) is 39.3 Å². The van der Waals surface area contributed by atoms with Crippen molar-refractivity contribution in [3.63, 3.8) is 0 Å². The summed E-state index contributed by atoms with van der Waals surface area (Å²) in [5, 5.41) is 0.604. The summed E-state index contributed by atoms with van der Waals surface area (Å²) in [7, 11) is 0. The van der Waals surface area contributed by atoms with Gasteiger partial charge in [0.05, 0.1) is 6.26 Å². The highest BCUT2D eigenvalue weighted by Gasteiger charge is 2.37. The van der Waals surface area contributed by atoms with Crippen molar-refractivity contribution in [3.8, 4) is 5.75 Å². The molecular formula is C23H26ClN3O5. The average molecular weight is 460 g/mol. The average Bonchev–Trinajstić information content (AvgIpc) is 3.38. The maximum Gasteiger partial charge on any atom is 0.290 e. The van der Waals surface area contributed by atoms with Crippen molar-refractivity contribution < 1.29 is 23.5 Å². The molecule has 1 atom stereocenters. The van der Waals surface area contributed by atoms with Gasteiger partial charge in [-0.15, -0.1) is 0 Å². The van der Waals surface area contributed by atoms with Gasteiger partial charge < -0.3 is 23.9 Å². The molecule has 1 aromatic carbocycles. The molecule has 1 unspecified atom stereocenters. The van der Waals surface area contributed by atoms with Crippen LogP contribution in [-0.2, 0) is 9.59 Å². The summed E-state index contributed by atoms with van der Waals surface area (Å²) < 4.78 is 10.8. The molecule has 3 heterocycles. The zero-order valence-corrected chi connectivity index (χ0v) is 18.5. The van der Waals surface area contributed by atoms with E-state index in [0.29, 0.717) is 49.9 Å². The summed E-state index contributed by atoms with van der Waals surface area (Å²) >= 11 is 5.85. The highest BCUT2D eigenvalue weighted by atomic mass is 35.5. The highest BCUT2D eigenvalue weighted by molar-refractivity contribution is 6.30. The zero-order chi connectivity index (χ0) is 22.5. The molecule has 1 aromatic heterocycles. The molecule has 0 spiro atoms. The van der Waals surface area contributed by atoms with Crippen LogP contribution in [0.15, 0.2) is 47.1 Å². The molecule has 2 aromatic rings. The third kappa shape index (κ3) is 5.07. The smallest absolute Gasteiger partial charge is 0.290 e. The Kier molecular flexibility index (Phi) is 6.99. The number of likely N-dealkylation sites (tertiary alicyclic amines) is 1.